The smallest absolute Gasteiger partial charge is 0.306 e. The van der Waals surface area contributed by atoms with E-state index < -0.39 is 32.5 Å². The minimum absolute atomic E-state index is 0.0280. The van der Waals surface area contributed by atoms with E-state index in [9.17, 15) is 19.0 Å². The highest BCUT2D eigenvalue weighted by Gasteiger charge is 2.21. The number of hydrogen-bond acceptors (Lipinski definition) is 8. The Bertz CT molecular complexity index is 609. The molecule has 0 bridgehead atoms. The fourth-order valence-electron chi connectivity index (χ4n) is 3.18. The molecule has 0 aliphatic carbocycles. The third-order valence-electron chi connectivity index (χ3n) is 5.38. The number of phosphoric acid groups is 1. The maximum Gasteiger partial charge on any atom is 0.306 e. The number of phosphoric ester groups is 1. The van der Waals surface area contributed by atoms with Crippen LogP contribution in [0.15, 0.2) is 0 Å². The standard InChI is InChI=1S/C25H50NO8P/c1-6-8-10-12-14-16-18-25(28)34-23(21-31-24(27)17-15-13-11-9-7-2)22-33-35(29,30)32-20-19-26(3,4)5/h23H,6-22H2,1-5H3. The number of nitrogens with zero attached hydrogens (tertiary/aromatic N) is 1. The molecule has 0 aliphatic heterocycles. The van der Waals surface area contributed by atoms with Gasteiger partial charge in [0.15, 0.2) is 6.10 Å². The summed E-state index contributed by atoms with van der Waals surface area (Å²) in [4.78, 5) is 36.4. The number of quaternary nitrogens is 1. The molecule has 0 fully saturated rings. The van der Waals surface area contributed by atoms with Gasteiger partial charge in [-0.3, -0.25) is 14.2 Å². The fraction of sp³-hybridized carbons (Fsp3) is 0.920. The van der Waals surface area contributed by atoms with Crippen LogP contribution in [0.1, 0.15) is 97.3 Å². The van der Waals surface area contributed by atoms with Crippen molar-refractivity contribution in [2.45, 2.75) is 103 Å². The largest absolute Gasteiger partial charge is 0.756 e. The zero-order valence-electron chi connectivity index (χ0n) is 22.8. The van der Waals surface area contributed by atoms with Crippen molar-refractivity contribution in [1.29, 1.82) is 0 Å². The van der Waals surface area contributed by atoms with Gasteiger partial charge in [0.05, 0.1) is 27.7 Å². The maximum absolute atomic E-state index is 12.3. The summed E-state index contributed by atoms with van der Waals surface area (Å²) in [5.41, 5.74) is 0. The number of carbonyl (C=O) groups excluding carboxylic acids is 2. The molecular formula is C25H50NO8P. The molecule has 0 radical (unpaired) electrons. The fourth-order valence-corrected chi connectivity index (χ4v) is 3.91. The minimum atomic E-state index is -4.58. The normalized spacial score (nSPS) is 14.3. The van der Waals surface area contributed by atoms with Crippen molar-refractivity contribution >= 4 is 19.8 Å². The van der Waals surface area contributed by atoms with Crippen LogP contribution in [-0.2, 0) is 32.7 Å². The molecule has 0 spiro atoms. The average molecular weight is 524 g/mol. The van der Waals surface area contributed by atoms with Crippen molar-refractivity contribution in [2.24, 2.45) is 0 Å². The predicted octanol–water partition coefficient (Wildman–Crippen LogP) is 4.76. The zero-order valence-corrected chi connectivity index (χ0v) is 23.7. The summed E-state index contributed by atoms with van der Waals surface area (Å²) in [7, 11) is 1.16. The van der Waals surface area contributed by atoms with Crippen molar-refractivity contribution in [3.05, 3.63) is 0 Å². The van der Waals surface area contributed by atoms with Crippen LogP contribution in [0.25, 0.3) is 0 Å². The van der Waals surface area contributed by atoms with Gasteiger partial charge < -0.3 is 27.9 Å². The second kappa shape index (κ2) is 20.1. The summed E-state index contributed by atoms with van der Waals surface area (Å²) in [5.74, 6) is -0.862. The summed E-state index contributed by atoms with van der Waals surface area (Å²) in [6.07, 6.45) is 10.7. The van der Waals surface area contributed by atoms with Gasteiger partial charge in [0.2, 0.25) is 0 Å². The molecule has 0 aliphatic rings. The first-order valence-corrected chi connectivity index (χ1v) is 14.7. The van der Waals surface area contributed by atoms with Crippen LogP contribution < -0.4 is 4.89 Å². The molecule has 35 heavy (non-hydrogen) atoms. The number of carbonyl (C=O) groups is 2. The van der Waals surface area contributed by atoms with Crippen molar-refractivity contribution < 1.29 is 42.1 Å². The highest BCUT2D eigenvalue weighted by atomic mass is 31.2. The van der Waals surface area contributed by atoms with Gasteiger partial charge in [-0.1, -0.05) is 71.6 Å². The first-order valence-electron chi connectivity index (χ1n) is 13.2. The van der Waals surface area contributed by atoms with Crippen molar-refractivity contribution in [3.8, 4) is 0 Å². The zero-order chi connectivity index (χ0) is 26.6. The summed E-state index contributed by atoms with van der Waals surface area (Å²) >= 11 is 0. The van der Waals surface area contributed by atoms with Crippen molar-refractivity contribution in [3.63, 3.8) is 0 Å². The lowest BCUT2D eigenvalue weighted by Crippen LogP contribution is -2.37. The number of ether oxygens (including phenoxy) is 2. The van der Waals surface area contributed by atoms with Gasteiger partial charge in [0.25, 0.3) is 7.82 Å². The number of likely N-dealkylation sites (N-methyl/N-ethyl adjacent to an activating group) is 1. The van der Waals surface area contributed by atoms with Crippen LogP contribution in [0.5, 0.6) is 0 Å². The van der Waals surface area contributed by atoms with Gasteiger partial charge in [-0.2, -0.15) is 0 Å². The molecule has 0 N–H and O–H groups in total. The van der Waals surface area contributed by atoms with Crippen LogP contribution in [0.3, 0.4) is 0 Å². The Balaban J connectivity index is 4.62. The van der Waals surface area contributed by atoms with Crippen LogP contribution >= 0.6 is 7.82 Å². The Hall–Kier alpha value is -0.990. The molecule has 0 saturated heterocycles. The van der Waals surface area contributed by atoms with E-state index in [4.69, 9.17) is 18.5 Å². The van der Waals surface area contributed by atoms with E-state index in [1.807, 2.05) is 21.1 Å². The lowest BCUT2D eigenvalue weighted by atomic mass is 10.1. The van der Waals surface area contributed by atoms with E-state index in [-0.39, 0.29) is 26.1 Å². The molecule has 0 aromatic carbocycles. The van der Waals surface area contributed by atoms with Crippen molar-refractivity contribution in [1.82, 2.24) is 0 Å². The Morgan fingerprint density at radius 1 is 0.771 bits per heavy atom. The first-order chi connectivity index (χ1) is 16.5. The predicted molar refractivity (Wildman–Crippen MR) is 135 cm³/mol. The van der Waals surface area contributed by atoms with E-state index in [1.165, 1.54) is 6.42 Å². The average Bonchev–Trinajstić information content (AvgIpc) is 2.76. The Kier molecular flexibility index (Phi) is 19.5. The Morgan fingerprint density at radius 2 is 1.29 bits per heavy atom. The monoisotopic (exact) mass is 523 g/mol. The highest BCUT2D eigenvalue weighted by Crippen LogP contribution is 2.38. The molecule has 0 aromatic heterocycles. The molecule has 0 rings (SSSR count). The second-order valence-electron chi connectivity index (χ2n) is 10.1. The molecule has 9 nitrogen and oxygen atoms in total. The van der Waals surface area contributed by atoms with Crippen LogP contribution in [0.4, 0.5) is 0 Å². The SMILES string of the molecule is CCCCCCCCC(=O)OC(COC(=O)CCCCCCC)COP(=O)([O-])OCC[N+](C)(C)C. The quantitative estimate of drug-likeness (QED) is 0.0816. The van der Waals surface area contributed by atoms with Crippen LogP contribution in [-0.4, -0.2) is 70.0 Å². The number of hydrogen-bond donors (Lipinski definition) is 0. The highest BCUT2D eigenvalue weighted by molar-refractivity contribution is 7.45. The molecule has 208 valence electrons. The van der Waals surface area contributed by atoms with E-state index >= 15 is 0 Å². The topological polar surface area (TPSA) is 111 Å². The van der Waals surface area contributed by atoms with Crippen LogP contribution in [0.2, 0.25) is 0 Å². The van der Waals surface area contributed by atoms with Gasteiger partial charge in [0, 0.05) is 12.8 Å². The van der Waals surface area contributed by atoms with E-state index in [1.54, 1.807) is 0 Å². The second-order valence-corrected chi connectivity index (χ2v) is 11.5. The number of unbranched alkanes of at least 4 members (excludes halogenated alkanes) is 9. The summed E-state index contributed by atoms with van der Waals surface area (Å²) in [5, 5.41) is 0. The molecule has 10 heteroatoms. The summed E-state index contributed by atoms with van der Waals surface area (Å²) < 4.78 is 33.1. The Morgan fingerprint density at radius 3 is 1.83 bits per heavy atom. The van der Waals surface area contributed by atoms with Gasteiger partial charge in [0.1, 0.15) is 19.8 Å². The molecule has 0 aromatic rings. The van der Waals surface area contributed by atoms with Crippen molar-refractivity contribution in [2.75, 3.05) is 47.5 Å². The summed E-state index contributed by atoms with van der Waals surface area (Å²) in [6.45, 7) is 4.00. The number of rotatable bonds is 23. The molecule has 2 atom stereocenters. The lowest BCUT2D eigenvalue weighted by molar-refractivity contribution is -0.870. The number of esters is 2. The third kappa shape index (κ3) is 23.2. The van der Waals surface area contributed by atoms with Crippen LogP contribution in [0, 0.1) is 0 Å². The van der Waals surface area contributed by atoms with E-state index in [0.29, 0.717) is 17.4 Å². The third-order valence-corrected chi connectivity index (χ3v) is 6.34. The van der Waals surface area contributed by atoms with Gasteiger partial charge in [-0.05, 0) is 12.8 Å². The first kappa shape index (κ1) is 34.0. The molecule has 0 saturated carbocycles. The van der Waals surface area contributed by atoms with E-state index in [2.05, 4.69) is 13.8 Å². The molecular weight excluding hydrogens is 473 g/mol. The lowest BCUT2D eigenvalue weighted by Gasteiger charge is -2.28. The van der Waals surface area contributed by atoms with E-state index in [0.717, 1.165) is 57.8 Å². The van der Waals surface area contributed by atoms with Gasteiger partial charge in [-0.25, -0.2) is 0 Å². The summed E-state index contributed by atoms with van der Waals surface area (Å²) in [6, 6.07) is 0. The van der Waals surface area contributed by atoms with Gasteiger partial charge in [-0.15, -0.1) is 0 Å². The van der Waals surface area contributed by atoms with Gasteiger partial charge >= 0.3 is 11.9 Å². The Labute approximate surface area is 213 Å². The molecule has 2 unspecified atom stereocenters. The maximum atomic E-state index is 12.3. The molecule has 0 amide bonds. The minimum Gasteiger partial charge on any atom is -0.756 e. The molecule has 0 heterocycles.